The average molecular weight is 251 g/mol. The van der Waals surface area contributed by atoms with E-state index in [1.165, 1.54) is 12.1 Å². The lowest BCUT2D eigenvalue weighted by molar-refractivity contribution is -0.385. The summed E-state index contributed by atoms with van der Waals surface area (Å²) >= 11 is 0. The molecule has 0 aliphatic carbocycles. The number of nitrogens with zero attached hydrogens (tertiary/aromatic N) is 1. The lowest BCUT2D eigenvalue weighted by atomic mass is 9.99. The fourth-order valence-electron chi connectivity index (χ4n) is 1.96. The first kappa shape index (κ1) is 14.5. The van der Waals surface area contributed by atoms with Crippen LogP contribution >= 0.6 is 0 Å². The third kappa shape index (κ3) is 3.72. The third-order valence-electron chi connectivity index (χ3n) is 3.06. The van der Waals surface area contributed by atoms with Crippen molar-refractivity contribution in [3.63, 3.8) is 0 Å². The zero-order valence-electron chi connectivity index (χ0n) is 11.1. The maximum Gasteiger partial charge on any atom is 0.270 e. The molecule has 0 fully saturated rings. The summed E-state index contributed by atoms with van der Waals surface area (Å²) in [6.07, 6.45) is 5.27. The average Bonchev–Trinajstić information content (AvgIpc) is 2.35. The maximum atomic E-state index is 10.9. The Bertz CT molecular complexity index is 386. The van der Waals surface area contributed by atoms with Gasteiger partial charge in [0.2, 0.25) is 0 Å². The molecule has 0 saturated carbocycles. The smallest absolute Gasteiger partial charge is 0.270 e. The molecule has 0 amide bonds. The minimum atomic E-state index is -0.385. The van der Waals surface area contributed by atoms with Gasteiger partial charge in [0.05, 0.1) is 4.92 Å². The molecule has 4 nitrogen and oxygen atoms in total. The normalized spacial score (nSPS) is 10.6. The molecule has 100 valence electrons. The highest BCUT2D eigenvalue weighted by molar-refractivity contribution is 5.49. The summed E-state index contributed by atoms with van der Waals surface area (Å²) in [6, 6.07) is 3.00. The van der Waals surface area contributed by atoms with Crippen molar-refractivity contribution < 1.29 is 10.0 Å². The van der Waals surface area contributed by atoms with Gasteiger partial charge in [0.15, 0.2) is 0 Å². The fraction of sp³-hybridized carbons (Fsp3) is 0.571. The van der Waals surface area contributed by atoms with Crippen LogP contribution in [0.4, 0.5) is 5.69 Å². The lowest BCUT2D eigenvalue weighted by Gasteiger charge is -2.09. The van der Waals surface area contributed by atoms with Crippen LogP contribution in [-0.4, -0.2) is 10.0 Å². The molecule has 0 aromatic heterocycles. The quantitative estimate of drug-likeness (QED) is 0.588. The standard InChI is InChI=1S/C14H21NO3/c1-3-5-7-11-9-13(15(17)18)10-12(14(11)16)8-6-4-2/h9-10,16H,3-8H2,1-2H3. The Balaban J connectivity index is 3.07. The largest absolute Gasteiger partial charge is 0.507 e. The second-order valence-corrected chi connectivity index (χ2v) is 4.58. The highest BCUT2D eigenvalue weighted by Crippen LogP contribution is 2.30. The van der Waals surface area contributed by atoms with Crippen LogP contribution in [-0.2, 0) is 12.8 Å². The van der Waals surface area contributed by atoms with Crippen LogP contribution in [0.15, 0.2) is 12.1 Å². The van der Waals surface area contributed by atoms with Crippen LogP contribution in [0.1, 0.15) is 50.7 Å². The molecule has 0 heterocycles. The number of aryl methyl sites for hydroxylation is 2. The molecule has 0 radical (unpaired) electrons. The number of benzene rings is 1. The molecule has 1 aromatic rings. The SMILES string of the molecule is CCCCc1cc([N+](=O)[O-])cc(CCCC)c1O. The van der Waals surface area contributed by atoms with E-state index in [1.54, 1.807) is 0 Å². The number of phenolic OH excluding ortho intramolecular Hbond substituents is 1. The van der Waals surface area contributed by atoms with E-state index in [4.69, 9.17) is 0 Å². The van der Waals surface area contributed by atoms with Crippen LogP contribution in [0.2, 0.25) is 0 Å². The topological polar surface area (TPSA) is 63.4 Å². The van der Waals surface area contributed by atoms with Gasteiger partial charge < -0.3 is 5.11 Å². The van der Waals surface area contributed by atoms with Crippen molar-refractivity contribution in [2.24, 2.45) is 0 Å². The van der Waals surface area contributed by atoms with Crippen molar-refractivity contribution in [2.45, 2.75) is 52.4 Å². The molecule has 1 aromatic carbocycles. The van der Waals surface area contributed by atoms with Gasteiger partial charge in [-0.2, -0.15) is 0 Å². The van der Waals surface area contributed by atoms with Crippen molar-refractivity contribution in [3.8, 4) is 5.75 Å². The number of hydrogen-bond donors (Lipinski definition) is 1. The third-order valence-corrected chi connectivity index (χ3v) is 3.06. The summed E-state index contributed by atoms with van der Waals surface area (Å²) in [4.78, 5) is 10.5. The van der Waals surface area contributed by atoms with E-state index in [0.29, 0.717) is 24.0 Å². The molecule has 0 aliphatic heterocycles. The summed E-state index contributed by atoms with van der Waals surface area (Å²) < 4.78 is 0. The Labute approximate surface area is 108 Å². The minimum absolute atomic E-state index is 0.0880. The summed E-state index contributed by atoms with van der Waals surface area (Å²) in [5, 5.41) is 21.0. The second-order valence-electron chi connectivity index (χ2n) is 4.58. The van der Waals surface area contributed by atoms with Crippen LogP contribution < -0.4 is 0 Å². The van der Waals surface area contributed by atoms with Gasteiger partial charge in [0.25, 0.3) is 5.69 Å². The summed E-state index contributed by atoms with van der Waals surface area (Å²) in [6.45, 7) is 4.12. The first-order valence-electron chi connectivity index (χ1n) is 6.59. The number of phenols is 1. The van der Waals surface area contributed by atoms with Crippen LogP contribution in [0.25, 0.3) is 0 Å². The predicted molar refractivity (Wildman–Crippen MR) is 72.0 cm³/mol. The summed E-state index contributed by atoms with van der Waals surface area (Å²) in [5.74, 6) is 0.252. The van der Waals surface area contributed by atoms with E-state index in [2.05, 4.69) is 13.8 Å². The molecular weight excluding hydrogens is 230 g/mol. The summed E-state index contributed by atoms with van der Waals surface area (Å²) in [5.41, 5.74) is 1.50. The van der Waals surface area contributed by atoms with Gasteiger partial charge in [0.1, 0.15) is 5.75 Å². The molecule has 18 heavy (non-hydrogen) atoms. The number of non-ortho nitro benzene ring substituents is 1. The van der Waals surface area contributed by atoms with E-state index < -0.39 is 0 Å². The highest BCUT2D eigenvalue weighted by atomic mass is 16.6. The number of rotatable bonds is 7. The van der Waals surface area contributed by atoms with Crippen LogP contribution in [0.3, 0.4) is 0 Å². The van der Waals surface area contributed by atoms with Gasteiger partial charge >= 0.3 is 0 Å². The zero-order chi connectivity index (χ0) is 13.5. The number of unbranched alkanes of at least 4 members (excludes halogenated alkanes) is 2. The molecule has 1 N–H and O–H groups in total. The van der Waals surface area contributed by atoms with E-state index in [0.717, 1.165) is 25.7 Å². The first-order chi connectivity index (χ1) is 8.60. The van der Waals surface area contributed by atoms with E-state index >= 15 is 0 Å². The number of nitro groups is 1. The van der Waals surface area contributed by atoms with Gasteiger partial charge in [-0.15, -0.1) is 0 Å². The molecule has 0 unspecified atom stereocenters. The van der Waals surface area contributed by atoms with Crippen molar-refractivity contribution >= 4 is 5.69 Å². The second kappa shape index (κ2) is 6.99. The monoisotopic (exact) mass is 251 g/mol. The Morgan fingerprint density at radius 3 is 1.89 bits per heavy atom. The first-order valence-corrected chi connectivity index (χ1v) is 6.59. The van der Waals surface area contributed by atoms with Crippen molar-refractivity contribution in [3.05, 3.63) is 33.4 Å². The summed E-state index contributed by atoms with van der Waals surface area (Å²) in [7, 11) is 0. The van der Waals surface area contributed by atoms with Gasteiger partial charge in [-0.1, -0.05) is 26.7 Å². The van der Waals surface area contributed by atoms with Gasteiger partial charge in [-0.3, -0.25) is 10.1 Å². The Kier molecular flexibility index (Phi) is 5.62. The fourth-order valence-corrected chi connectivity index (χ4v) is 1.96. The van der Waals surface area contributed by atoms with E-state index in [1.807, 2.05) is 0 Å². The van der Waals surface area contributed by atoms with Crippen molar-refractivity contribution in [2.75, 3.05) is 0 Å². The number of aromatic hydroxyl groups is 1. The van der Waals surface area contributed by atoms with E-state index in [9.17, 15) is 15.2 Å². The molecular formula is C14H21NO3. The minimum Gasteiger partial charge on any atom is -0.507 e. The molecule has 0 saturated heterocycles. The Morgan fingerprint density at radius 2 is 1.56 bits per heavy atom. The van der Waals surface area contributed by atoms with Gasteiger partial charge in [0, 0.05) is 23.3 Å². The molecule has 0 bridgehead atoms. The Morgan fingerprint density at radius 1 is 1.11 bits per heavy atom. The predicted octanol–water partition coefficient (Wildman–Crippen LogP) is 3.99. The molecule has 1 rings (SSSR count). The number of hydrogen-bond acceptors (Lipinski definition) is 3. The number of nitro benzene ring substituents is 1. The maximum absolute atomic E-state index is 10.9. The van der Waals surface area contributed by atoms with Crippen molar-refractivity contribution in [1.29, 1.82) is 0 Å². The molecule has 0 atom stereocenters. The van der Waals surface area contributed by atoms with Crippen LogP contribution in [0.5, 0.6) is 5.75 Å². The molecule has 0 spiro atoms. The van der Waals surface area contributed by atoms with Gasteiger partial charge in [-0.25, -0.2) is 0 Å². The molecule has 4 heteroatoms. The van der Waals surface area contributed by atoms with Gasteiger partial charge in [-0.05, 0) is 25.7 Å². The van der Waals surface area contributed by atoms with Crippen LogP contribution in [0, 0.1) is 10.1 Å². The Hall–Kier alpha value is -1.58. The lowest BCUT2D eigenvalue weighted by Crippen LogP contribution is -1.97. The highest BCUT2D eigenvalue weighted by Gasteiger charge is 2.15. The zero-order valence-corrected chi connectivity index (χ0v) is 11.1. The molecule has 0 aliphatic rings. The van der Waals surface area contributed by atoms with Crippen molar-refractivity contribution in [1.82, 2.24) is 0 Å². The van der Waals surface area contributed by atoms with E-state index in [-0.39, 0.29) is 16.4 Å².